The van der Waals surface area contributed by atoms with Gasteiger partial charge in [0, 0.05) is 27.5 Å². The van der Waals surface area contributed by atoms with Gasteiger partial charge in [-0.3, -0.25) is 4.98 Å². The number of hydrogen-bond acceptors (Lipinski definition) is 4. The topological polar surface area (TPSA) is 71.5 Å². The first-order valence-electron chi connectivity index (χ1n) is 9.37. The number of ether oxygens (including phenoxy) is 1. The van der Waals surface area contributed by atoms with Crippen LogP contribution in [0, 0.1) is 6.92 Å². The predicted molar refractivity (Wildman–Crippen MR) is 126 cm³/mol. The maximum absolute atomic E-state index is 11.3. The molecular weight excluding hydrogens is 435 g/mol. The van der Waals surface area contributed by atoms with E-state index in [4.69, 9.17) is 16.3 Å². The molecule has 5 nitrogen and oxygen atoms in total. The van der Waals surface area contributed by atoms with Gasteiger partial charge < -0.3 is 15.2 Å². The van der Waals surface area contributed by atoms with E-state index in [-0.39, 0.29) is 18.0 Å². The number of carbonyl (C=O) groups is 1. The molecule has 0 fully saturated rings. The van der Waals surface area contributed by atoms with Crippen molar-refractivity contribution in [2.45, 2.75) is 13.5 Å². The van der Waals surface area contributed by atoms with E-state index in [1.54, 1.807) is 18.2 Å². The lowest BCUT2D eigenvalue weighted by atomic mass is 10.1. The van der Waals surface area contributed by atoms with Crippen LogP contribution < -0.4 is 10.1 Å². The number of hydrogen-bond donors (Lipinski definition) is 2. The van der Waals surface area contributed by atoms with Crippen molar-refractivity contribution in [2.75, 3.05) is 5.32 Å². The second kappa shape index (κ2) is 9.69. The van der Waals surface area contributed by atoms with Crippen LogP contribution in [0.4, 0.5) is 11.4 Å². The van der Waals surface area contributed by atoms with Crippen molar-refractivity contribution >= 4 is 52.3 Å². The summed E-state index contributed by atoms with van der Waals surface area (Å²) in [5, 5.41) is 14.1. The first-order valence-corrected chi connectivity index (χ1v) is 9.75. The number of pyridine rings is 1. The fourth-order valence-corrected chi connectivity index (χ4v) is 3.26. The van der Waals surface area contributed by atoms with E-state index in [2.05, 4.69) is 10.3 Å². The monoisotopic (exact) mass is 454 g/mol. The van der Waals surface area contributed by atoms with Crippen molar-refractivity contribution in [3.8, 4) is 5.75 Å². The lowest BCUT2D eigenvalue weighted by Gasteiger charge is -2.12. The third-order valence-corrected chi connectivity index (χ3v) is 4.89. The molecule has 4 rings (SSSR count). The molecule has 0 aliphatic carbocycles. The highest BCUT2D eigenvalue weighted by atomic mass is 35.5. The molecule has 0 bridgehead atoms. The molecule has 4 aromatic rings. The second-order valence-corrected chi connectivity index (χ2v) is 7.35. The standard InChI is InChI=1S/C24H19ClN2O3.ClH/c1-15-12-23(21-13-17(24(28)29)4-11-22(21)26-15)27-19-7-9-20(10-8-19)30-14-16-2-5-18(25)6-3-16;/h2-13H,14H2,1H3,(H,26,27)(H,28,29);1H. The van der Waals surface area contributed by atoms with Crippen LogP contribution in [0.2, 0.25) is 5.02 Å². The Bertz CT molecular complexity index is 1210. The smallest absolute Gasteiger partial charge is 0.335 e. The van der Waals surface area contributed by atoms with Crippen LogP contribution >= 0.6 is 24.0 Å². The number of carboxylic acids is 1. The number of anilines is 2. The Labute approximate surface area is 191 Å². The van der Waals surface area contributed by atoms with Gasteiger partial charge in [0.1, 0.15) is 12.4 Å². The molecule has 0 saturated heterocycles. The summed E-state index contributed by atoms with van der Waals surface area (Å²) in [4.78, 5) is 15.8. The molecule has 0 radical (unpaired) electrons. The summed E-state index contributed by atoms with van der Waals surface area (Å²) >= 11 is 5.90. The number of nitrogens with one attached hydrogen (secondary N) is 1. The molecule has 0 spiro atoms. The van der Waals surface area contributed by atoms with Crippen molar-refractivity contribution in [3.63, 3.8) is 0 Å². The quantitative estimate of drug-likeness (QED) is 0.341. The molecule has 2 N–H and O–H groups in total. The Hall–Kier alpha value is -3.28. The minimum Gasteiger partial charge on any atom is -0.489 e. The van der Waals surface area contributed by atoms with Crippen molar-refractivity contribution in [1.29, 1.82) is 0 Å². The first-order chi connectivity index (χ1) is 14.5. The van der Waals surface area contributed by atoms with E-state index in [0.717, 1.165) is 39.3 Å². The Morgan fingerprint density at radius 1 is 1.03 bits per heavy atom. The molecule has 158 valence electrons. The number of aromatic nitrogens is 1. The van der Waals surface area contributed by atoms with E-state index in [9.17, 15) is 9.90 Å². The fourth-order valence-electron chi connectivity index (χ4n) is 3.13. The van der Waals surface area contributed by atoms with Crippen LogP contribution in [0.5, 0.6) is 5.75 Å². The van der Waals surface area contributed by atoms with Crippen molar-refractivity contribution < 1.29 is 14.6 Å². The molecule has 0 amide bonds. The van der Waals surface area contributed by atoms with E-state index in [0.29, 0.717) is 11.6 Å². The maximum atomic E-state index is 11.3. The SMILES string of the molecule is Cc1cc(Nc2ccc(OCc3ccc(Cl)cc3)cc2)c2cc(C(=O)O)ccc2n1.Cl. The normalized spacial score (nSPS) is 10.4. The lowest BCUT2D eigenvalue weighted by molar-refractivity contribution is 0.0697. The van der Waals surface area contributed by atoms with Crippen LogP contribution in [-0.4, -0.2) is 16.1 Å². The predicted octanol–water partition coefficient (Wildman–Crippen LogP) is 6.64. The van der Waals surface area contributed by atoms with Gasteiger partial charge in [-0.1, -0.05) is 23.7 Å². The molecule has 0 aliphatic heterocycles. The molecule has 0 aliphatic rings. The summed E-state index contributed by atoms with van der Waals surface area (Å²) < 4.78 is 5.82. The number of nitrogens with zero attached hydrogens (tertiary/aromatic N) is 1. The highest BCUT2D eigenvalue weighted by molar-refractivity contribution is 6.30. The summed E-state index contributed by atoms with van der Waals surface area (Å²) in [6.07, 6.45) is 0. The number of aromatic carboxylic acids is 1. The van der Waals surface area contributed by atoms with Gasteiger partial charge in [-0.05, 0) is 73.2 Å². The summed E-state index contributed by atoms with van der Waals surface area (Å²) in [7, 11) is 0. The van der Waals surface area contributed by atoms with Crippen molar-refractivity contribution in [1.82, 2.24) is 4.98 Å². The Morgan fingerprint density at radius 2 is 1.74 bits per heavy atom. The van der Waals surface area contributed by atoms with E-state index < -0.39 is 5.97 Å². The number of halogens is 2. The minimum absolute atomic E-state index is 0. The largest absolute Gasteiger partial charge is 0.489 e. The van der Waals surface area contributed by atoms with Gasteiger partial charge in [0.2, 0.25) is 0 Å². The third kappa shape index (κ3) is 5.45. The molecule has 1 heterocycles. The van der Waals surface area contributed by atoms with Crippen LogP contribution in [0.3, 0.4) is 0 Å². The summed E-state index contributed by atoms with van der Waals surface area (Å²) in [6.45, 7) is 2.36. The van der Waals surface area contributed by atoms with Crippen LogP contribution in [0.25, 0.3) is 10.9 Å². The fraction of sp³-hybridized carbons (Fsp3) is 0.0833. The molecule has 0 saturated carbocycles. The minimum atomic E-state index is -0.967. The van der Waals surface area contributed by atoms with Crippen molar-refractivity contribution in [2.24, 2.45) is 0 Å². The van der Waals surface area contributed by atoms with Crippen molar-refractivity contribution in [3.05, 3.63) is 94.6 Å². The van der Waals surface area contributed by atoms with E-state index >= 15 is 0 Å². The molecular formula is C24H20Cl2N2O3. The number of fused-ring (bicyclic) bond motifs is 1. The van der Waals surface area contributed by atoms with Crippen LogP contribution in [0.1, 0.15) is 21.6 Å². The molecule has 1 aromatic heterocycles. The van der Waals surface area contributed by atoms with Gasteiger partial charge in [0.25, 0.3) is 0 Å². The maximum Gasteiger partial charge on any atom is 0.335 e. The van der Waals surface area contributed by atoms with Gasteiger partial charge in [-0.15, -0.1) is 12.4 Å². The number of aryl methyl sites for hydroxylation is 1. The third-order valence-electron chi connectivity index (χ3n) is 4.64. The Morgan fingerprint density at radius 3 is 2.42 bits per heavy atom. The Kier molecular flexibility index (Phi) is 7.00. The zero-order valence-electron chi connectivity index (χ0n) is 16.6. The summed E-state index contributed by atoms with van der Waals surface area (Å²) in [6, 6.07) is 22.0. The first kappa shape index (κ1) is 22.4. The highest BCUT2D eigenvalue weighted by Crippen LogP contribution is 2.28. The molecule has 7 heteroatoms. The van der Waals surface area contributed by atoms with Gasteiger partial charge in [-0.2, -0.15) is 0 Å². The van der Waals surface area contributed by atoms with Gasteiger partial charge in [0.05, 0.1) is 11.1 Å². The Balaban J connectivity index is 0.00000272. The second-order valence-electron chi connectivity index (χ2n) is 6.91. The van der Waals surface area contributed by atoms with Gasteiger partial charge in [-0.25, -0.2) is 4.79 Å². The number of benzene rings is 3. The summed E-state index contributed by atoms with van der Waals surface area (Å²) in [5.74, 6) is -0.218. The molecule has 0 unspecified atom stereocenters. The van der Waals surface area contributed by atoms with Gasteiger partial charge in [0.15, 0.2) is 0 Å². The molecule has 0 atom stereocenters. The zero-order chi connectivity index (χ0) is 21.1. The average molecular weight is 455 g/mol. The number of rotatable bonds is 6. The number of carboxylic acid groups (broad SMARTS) is 1. The van der Waals surface area contributed by atoms with E-state index in [1.807, 2.05) is 61.5 Å². The molecule has 3 aromatic carbocycles. The lowest BCUT2D eigenvalue weighted by Crippen LogP contribution is -1.99. The summed E-state index contributed by atoms with van der Waals surface area (Å²) in [5.41, 5.74) is 4.51. The molecule has 31 heavy (non-hydrogen) atoms. The zero-order valence-corrected chi connectivity index (χ0v) is 18.2. The van der Waals surface area contributed by atoms with Crippen LogP contribution in [-0.2, 0) is 6.61 Å². The van der Waals surface area contributed by atoms with E-state index in [1.165, 1.54) is 0 Å². The van der Waals surface area contributed by atoms with Crippen LogP contribution in [0.15, 0.2) is 72.8 Å². The highest BCUT2D eigenvalue weighted by Gasteiger charge is 2.09. The van der Waals surface area contributed by atoms with Gasteiger partial charge >= 0.3 is 5.97 Å². The average Bonchev–Trinajstić information content (AvgIpc) is 2.74.